The fourth-order valence-corrected chi connectivity index (χ4v) is 2.80. The molecule has 0 bridgehead atoms. The molecule has 138 valence electrons. The molecule has 2 aromatic carbocycles. The van der Waals surface area contributed by atoms with Crippen molar-refractivity contribution in [3.8, 4) is 5.82 Å². The molecule has 0 aliphatic rings. The van der Waals surface area contributed by atoms with Gasteiger partial charge < -0.3 is 10.6 Å². The van der Waals surface area contributed by atoms with E-state index in [0.29, 0.717) is 27.9 Å². The zero-order chi connectivity index (χ0) is 19.3. The SMILES string of the molecule is O=C(Nc1ccc(Nc2cc(-n3ccnc3)ncn2)cc1)c1ccccc1Cl. The number of hydrogen-bond acceptors (Lipinski definition) is 5. The minimum Gasteiger partial charge on any atom is -0.340 e. The van der Waals surface area contributed by atoms with Crippen LogP contribution in [0.15, 0.2) is 79.6 Å². The van der Waals surface area contributed by atoms with Crippen LogP contribution in [0, 0.1) is 0 Å². The lowest BCUT2D eigenvalue weighted by molar-refractivity contribution is 0.102. The van der Waals surface area contributed by atoms with E-state index >= 15 is 0 Å². The lowest BCUT2D eigenvalue weighted by Crippen LogP contribution is -2.12. The van der Waals surface area contributed by atoms with Crippen molar-refractivity contribution in [2.24, 2.45) is 0 Å². The van der Waals surface area contributed by atoms with Crippen LogP contribution in [0.4, 0.5) is 17.2 Å². The second-order valence-electron chi connectivity index (χ2n) is 5.87. The van der Waals surface area contributed by atoms with E-state index in [2.05, 4.69) is 25.6 Å². The lowest BCUT2D eigenvalue weighted by atomic mass is 10.2. The highest BCUT2D eigenvalue weighted by Gasteiger charge is 2.09. The Labute approximate surface area is 166 Å². The molecular formula is C20H15ClN6O. The molecule has 8 heteroatoms. The molecule has 2 N–H and O–H groups in total. The molecule has 0 aliphatic carbocycles. The maximum atomic E-state index is 12.3. The summed E-state index contributed by atoms with van der Waals surface area (Å²) in [6.07, 6.45) is 6.64. The Kier molecular flexibility index (Phi) is 4.99. The maximum Gasteiger partial charge on any atom is 0.257 e. The van der Waals surface area contributed by atoms with Gasteiger partial charge in [-0.1, -0.05) is 23.7 Å². The van der Waals surface area contributed by atoms with Crippen LogP contribution < -0.4 is 10.6 Å². The summed E-state index contributed by atoms with van der Waals surface area (Å²) in [4.78, 5) is 24.8. The first-order valence-corrected chi connectivity index (χ1v) is 8.80. The number of anilines is 3. The molecule has 2 aromatic heterocycles. The third-order valence-electron chi connectivity index (χ3n) is 3.96. The van der Waals surface area contributed by atoms with Gasteiger partial charge in [0, 0.05) is 29.8 Å². The van der Waals surface area contributed by atoms with Gasteiger partial charge >= 0.3 is 0 Å². The summed E-state index contributed by atoms with van der Waals surface area (Å²) in [6.45, 7) is 0. The van der Waals surface area contributed by atoms with Gasteiger partial charge in [0.25, 0.3) is 5.91 Å². The normalized spacial score (nSPS) is 10.5. The number of amides is 1. The molecule has 0 saturated heterocycles. The van der Waals surface area contributed by atoms with Crippen molar-refractivity contribution in [1.29, 1.82) is 0 Å². The van der Waals surface area contributed by atoms with E-state index in [4.69, 9.17) is 11.6 Å². The van der Waals surface area contributed by atoms with Crippen LogP contribution in [0.1, 0.15) is 10.4 Å². The van der Waals surface area contributed by atoms with Crippen LogP contribution in [0.3, 0.4) is 0 Å². The Morgan fingerprint density at radius 3 is 2.54 bits per heavy atom. The highest BCUT2D eigenvalue weighted by atomic mass is 35.5. The average Bonchev–Trinajstić information content (AvgIpc) is 3.25. The molecular weight excluding hydrogens is 376 g/mol. The Morgan fingerprint density at radius 1 is 1.00 bits per heavy atom. The summed E-state index contributed by atoms with van der Waals surface area (Å²) in [5.41, 5.74) is 1.92. The predicted molar refractivity (Wildman–Crippen MR) is 108 cm³/mol. The molecule has 0 radical (unpaired) electrons. The Hall–Kier alpha value is -3.71. The van der Waals surface area contributed by atoms with Gasteiger partial charge in [0.05, 0.1) is 10.6 Å². The Bertz CT molecular complexity index is 1100. The van der Waals surface area contributed by atoms with Gasteiger partial charge in [-0.15, -0.1) is 0 Å². The van der Waals surface area contributed by atoms with E-state index < -0.39 is 0 Å². The monoisotopic (exact) mass is 390 g/mol. The number of imidazole rings is 1. The fourth-order valence-electron chi connectivity index (χ4n) is 2.58. The average molecular weight is 391 g/mol. The first-order chi connectivity index (χ1) is 13.7. The number of nitrogens with zero attached hydrogens (tertiary/aromatic N) is 4. The van der Waals surface area contributed by atoms with Gasteiger partial charge in [0.2, 0.25) is 0 Å². The van der Waals surface area contributed by atoms with Gasteiger partial charge in [-0.25, -0.2) is 15.0 Å². The summed E-state index contributed by atoms with van der Waals surface area (Å²) in [5.74, 6) is 1.09. The van der Waals surface area contributed by atoms with Gasteiger partial charge in [0.1, 0.15) is 24.3 Å². The third-order valence-corrected chi connectivity index (χ3v) is 4.28. The van der Waals surface area contributed by atoms with Gasteiger partial charge in [-0.2, -0.15) is 0 Å². The van der Waals surface area contributed by atoms with Crippen molar-refractivity contribution in [2.75, 3.05) is 10.6 Å². The van der Waals surface area contributed by atoms with Crippen LogP contribution >= 0.6 is 11.6 Å². The van der Waals surface area contributed by atoms with E-state index in [1.54, 1.807) is 53.5 Å². The molecule has 0 atom stereocenters. The van der Waals surface area contributed by atoms with Crippen LogP contribution in [-0.4, -0.2) is 25.4 Å². The topological polar surface area (TPSA) is 84.7 Å². The zero-order valence-corrected chi connectivity index (χ0v) is 15.3. The molecule has 0 spiro atoms. The highest BCUT2D eigenvalue weighted by molar-refractivity contribution is 6.34. The number of benzene rings is 2. The van der Waals surface area contributed by atoms with E-state index in [1.807, 2.05) is 24.4 Å². The number of aromatic nitrogens is 4. The number of halogens is 1. The highest BCUT2D eigenvalue weighted by Crippen LogP contribution is 2.20. The molecule has 0 aliphatic heterocycles. The van der Waals surface area contributed by atoms with Crippen molar-refractivity contribution in [2.45, 2.75) is 0 Å². The first-order valence-electron chi connectivity index (χ1n) is 8.42. The van der Waals surface area contributed by atoms with E-state index in [9.17, 15) is 4.79 Å². The van der Waals surface area contributed by atoms with Crippen molar-refractivity contribution >= 4 is 34.7 Å². The minimum atomic E-state index is -0.257. The summed E-state index contributed by atoms with van der Waals surface area (Å²) in [5, 5.41) is 6.45. The van der Waals surface area contributed by atoms with Crippen molar-refractivity contribution in [1.82, 2.24) is 19.5 Å². The first kappa shape index (κ1) is 17.7. The van der Waals surface area contributed by atoms with Crippen molar-refractivity contribution in [3.63, 3.8) is 0 Å². The van der Waals surface area contributed by atoms with Crippen LogP contribution in [0.5, 0.6) is 0 Å². The number of carbonyl (C=O) groups is 1. The fraction of sp³-hybridized carbons (Fsp3) is 0. The van der Waals surface area contributed by atoms with Crippen LogP contribution in [0.25, 0.3) is 5.82 Å². The molecule has 4 aromatic rings. The molecule has 7 nitrogen and oxygen atoms in total. The maximum absolute atomic E-state index is 12.3. The molecule has 4 rings (SSSR count). The number of carbonyl (C=O) groups excluding carboxylic acids is 1. The Morgan fingerprint density at radius 2 is 1.79 bits per heavy atom. The molecule has 0 fully saturated rings. The summed E-state index contributed by atoms with van der Waals surface area (Å²) >= 11 is 6.06. The van der Waals surface area contributed by atoms with Crippen LogP contribution in [-0.2, 0) is 0 Å². The van der Waals surface area contributed by atoms with E-state index in [-0.39, 0.29) is 5.91 Å². The summed E-state index contributed by atoms with van der Waals surface area (Å²) < 4.78 is 1.79. The minimum absolute atomic E-state index is 0.257. The molecule has 0 unspecified atom stereocenters. The molecule has 0 saturated carbocycles. The number of hydrogen-bond donors (Lipinski definition) is 2. The van der Waals surface area contributed by atoms with Crippen LogP contribution in [0.2, 0.25) is 5.02 Å². The zero-order valence-electron chi connectivity index (χ0n) is 14.6. The summed E-state index contributed by atoms with van der Waals surface area (Å²) in [6, 6.07) is 16.0. The Balaban J connectivity index is 1.45. The largest absolute Gasteiger partial charge is 0.340 e. The second-order valence-corrected chi connectivity index (χ2v) is 6.27. The van der Waals surface area contributed by atoms with Gasteiger partial charge in [-0.3, -0.25) is 9.36 Å². The molecule has 1 amide bonds. The second kappa shape index (κ2) is 7.89. The smallest absolute Gasteiger partial charge is 0.257 e. The van der Waals surface area contributed by atoms with Crippen molar-refractivity contribution < 1.29 is 4.79 Å². The number of nitrogens with one attached hydrogen (secondary N) is 2. The van der Waals surface area contributed by atoms with E-state index in [1.165, 1.54) is 6.33 Å². The molecule has 2 heterocycles. The quantitative estimate of drug-likeness (QED) is 0.530. The summed E-state index contributed by atoms with van der Waals surface area (Å²) in [7, 11) is 0. The standard InChI is InChI=1S/C20H15ClN6O/c21-17-4-2-1-3-16(17)20(28)26-15-7-5-14(6-8-15)25-18-11-19(24-12-23-18)27-10-9-22-13-27/h1-13H,(H,26,28)(H,23,24,25). The number of rotatable bonds is 5. The predicted octanol–water partition coefficient (Wildman–Crippen LogP) is 4.31. The van der Waals surface area contributed by atoms with Crippen molar-refractivity contribution in [3.05, 3.63) is 90.2 Å². The lowest BCUT2D eigenvalue weighted by Gasteiger charge is -2.09. The van der Waals surface area contributed by atoms with Gasteiger partial charge in [0.15, 0.2) is 0 Å². The van der Waals surface area contributed by atoms with E-state index in [0.717, 1.165) is 5.69 Å². The van der Waals surface area contributed by atoms with Gasteiger partial charge in [-0.05, 0) is 36.4 Å². The third kappa shape index (κ3) is 3.99. The molecule has 28 heavy (non-hydrogen) atoms.